The Balaban J connectivity index is 1.49. The van der Waals surface area contributed by atoms with E-state index in [1.165, 1.54) is 21.6 Å². The van der Waals surface area contributed by atoms with Crippen LogP contribution in [-0.4, -0.2) is 11.1 Å². The topological polar surface area (TPSA) is 46.5 Å². The van der Waals surface area contributed by atoms with E-state index < -0.39 is 5.97 Å². The first-order valence-electron chi connectivity index (χ1n) is 11.4. The number of hydrogen-bond acceptors (Lipinski definition) is 3. The van der Waals surface area contributed by atoms with E-state index in [1.807, 2.05) is 43.0 Å². The van der Waals surface area contributed by atoms with E-state index in [-0.39, 0.29) is 0 Å². The van der Waals surface area contributed by atoms with E-state index >= 15 is 0 Å². The Kier molecular flexibility index (Phi) is 8.05. The summed E-state index contributed by atoms with van der Waals surface area (Å²) >= 11 is 1.83. The van der Waals surface area contributed by atoms with Crippen LogP contribution in [-0.2, 0) is 25.2 Å². The largest absolute Gasteiger partial charge is 0.489 e. The van der Waals surface area contributed by atoms with Gasteiger partial charge in [-0.25, -0.2) is 4.79 Å². The van der Waals surface area contributed by atoms with Gasteiger partial charge >= 0.3 is 5.97 Å². The number of carbonyl (C=O) groups is 1. The number of thioether (sulfide) groups is 1. The monoisotopic (exact) mass is 468 g/mol. The highest BCUT2D eigenvalue weighted by atomic mass is 32.2. The first-order chi connectivity index (χ1) is 16.6. The van der Waals surface area contributed by atoms with Gasteiger partial charge in [0.15, 0.2) is 0 Å². The Morgan fingerprint density at radius 1 is 0.794 bits per heavy atom. The maximum absolute atomic E-state index is 11.3. The van der Waals surface area contributed by atoms with Gasteiger partial charge in [-0.05, 0) is 71.8 Å². The maximum atomic E-state index is 11.3. The molecule has 0 atom stereocenters. The number of carboxylic acid groups (broad SMARTS) is 1. The molecule has 3 nitrogen and oxygen atoms in total. The number of aryl methyl sites for hydroxylation is 3. The van der Waals surface area contributed by atoms with Gasteiger partial charge in [-0.1, -0.05) is 72.8 Å². The van der Waals surface area contributed by atoms with Crippen LogP contribution in [0, 0.1) is 6.92 Å². The second kappa shape index (κ2) is 11.6. The van der Waals surface area contributed by atoms with Gasteiger partial charge in [0.2, 0.25) is 0 Å². The third kappa shape index (κ3) is 6.52. The number of benzene rings is 4. The van der Waals surface area contributed by atoms with Crippen LogP contribution in [0.5, 0.6) is 5.75 Å². The van der Waals surface area contributed by atoms with E-state index in [0.29, 0.717) is 12.2 Å². The minimum Gasteiger partial charge on any atom is -0.489 e. The summed E-state index contributed by atoms with van der Waals surface area (Å²) in [7, 11) is 0. The summed E-state index contributed by atoms with van der Waals surface area (Å²) in [6, 6.07) is 32.8. The van der Waals surface area contributed by atoms with E-state index in [0.717, 1.165) is 35.5 Å². The highest BCUT2D eigenvalue weighted by Crippen LogP contribution is 2.28. The zero-order chi connectivity index (χ0) is 23.8. The van der Waals surface area contributed by atoms with Crippen molar-refractivity contribution < 1.29 is 14.6 Å². The lowest BCUT2D eigenvalue weighted by atomic mass is 10.0. The second-order valence-electron chi connectivity index (χ2n) is 8.27. The molecule has 0 aliphatic rings. The molecule has 0 amide bonds. The minimum atomic E-state index is -0.905. The van der Waals surface area contributed by atoms with Crippen molar-refractivity contribution in [3.63, 3.8) is 0 Å². The van der Waals surface area contributed by atoms with Gasteiger partial charge in [0.05, 0.1) is 5.56 Å². The molecule has 4 heteroatoms. The Bertz CT molecular complexity index is 1240. The van der Waals surface area contributed by atoms with Crippen molar-refractivity contribution in [2.45, 2.75) is 37.0 Å². The SMILES string of the molecule is Cc1cc(COc2ccc(CSc3ccccc3)cc2CCc2ccccc2)ccc1C(=O)O. The van der Waals surface area contributed by atoms with Crippen LogP contribution < -0.4 is 4.74 Å². The number of carboxylic acids is 1. The molecule has 4 rings (SSSR count). The van der Waals surface area contributed by atoms with E-state index in [9.17, 15) is 9.90 Å². The Labute approximate surface area is 205 Å². The van der Waals surface area contributed by atoms with Crippen LogP contribution in [0.2, 0.25) is 0 Å². The van der Waals surface area contributed by atoms with Crippen LogP contribution in [0.25, 0.3) is 0 Å². The molecule has 0 fully saturated rings. The summed E-state index contributed by atoms with van der Waals surface area (Å²) < 4.78 is 6.23. The second-order valence-corrected chi connectivity index (χ2v) is 9.32. The lowest BCUT2D eigenvalue weighted by molar-refractivity contribution is 0.0696. The molecule has 0 saturated heterocycles. The van der Waals surface area contributed by atoms with Gasteiger partial charge in [-0.15, -0.1) is 11.8 Å². The molecule has 0 radical (unpaired) electrons. The summed E-state index contributed by atoms with van der Waals surface area (Å²) in [6.45, 7) is 2.22. The molecule has 34 heavy (non-hydrogen) atoms. The predicted molar refractivity (Wildman–Crippen MR) is 139 cm³/mol. The highest BCUT2D eigenvalue weighted by Gasteiger charge is 2.10. The van der Waals surface area contributed by atoms with Gasteiger partial charge in [0.25, 0.3) is 0 Å². The summed E-state index contributed by atoms with van der Waals surface area (Å²) in [5, 5.41) is 9.26. The third-order valence-corrected chi connectivity index (χ3v) is 6.80. The Morgan fingerprint density at radius 2 is 1.50 bits per heavy atom. The van der Waals surface area contributed by atoms with E-state index in [1.54, 1.807) is 6.07 Å². The van der Waals surface area contributed by atoms with Gasteiger partial charge in [-0.3, -0.25) is 0 Å². The molecule has 4 aromatic rings. The molecule has 0 aliphatic carbocycles. The third-order valence-electron chi connectivity index (χ3n) is 5.72. The molecular weight excluding hydrogens is 440 g/mol. The van der Waals surface area contributed by atoms with Crippen LogP contribution in [0.15, 0.2) is 102 Å². The first-order valence-corrected chi connectivity index (χ1v) is 12.4. The van der Waals surface area contributed by atoms with Gasteiger partial charge in [0, 0.05) is 10.6 Å². The van der Waals surface area contributed by atoms with Crippen LogP contribution >= 0.6 is 11.8 Å². The molecule has 0 unspecified atom stereocenters. The smallest absolute Gasteiger partial charge is 0.335 e. The normalized spacial score (nSPS) is 10.7. The molecule has 4 aromatic carbocycles. The molecular formula is C30H28O3S. The zero-order valence-electron chi connectivity index (χ0n) is 19.2. The van der Waals surface area contributed by atoms with E-state index in [4.69, 9.17) is 4.74 Å². The number of ether oxygens (including phenoxy) is 1. The standard InChI is InChI=1S/C30H28O3S/c1-22-18-24(13-16-28(22)30(31)32)20-33-29-17-14-25(21-34-27-10-6-3-7-11-27)19-26(29)15-12-23-8-4-2-5-9-23/h2-11,13-14,16-19H,12,15,20-21H2,1H3,(H,31,32). The summed E-state index contributed by atoms with van der Waals surface area (Å²) in [5.74, 6) is 0.875. The number of aromatic carboxylic acids is 1. The quantitative estimate of drug-likeness (QED) is 0.247. The van der Waals surface area contributed by atoms with Crippen molar-refractivity contribution in [1.29, 1.82) is 0 Å². The number of hydrogen-bond donors (Lipinski definition) is 1. The highest BCUT2D eigenvalue weighted by molar-refractivity contribution is 7.98. The molecule has 0 aromatic heterocycles. The van der Waals surface area contributed by atoms with E-state index in [2.05, 4.69) is 66.7 Å². The molecule has 1 N–H and O–H groups in total. The molecule has 0 saturated carbocycles. The van der Waals surface area contributed by atoms with Crippen LogP contribution in [0.4, 0.5) is 0 Å². The zero-order valence-corrected chi connectivity index (χ0v) is 20.1. The van der Waals surface area contributed by atoms with Crippen molar-refractivity contribution in [2.75, 3.05) is 0 Å². The maximum Gasteiger partial charge on any atom is 0.335 e. The van der Waals surface area contributed by atoms with Gasteiger partial charge < -0.3 is 9.84 Å². The van der Waals surface area contributed by atoms with Gasteiger partial charge in [-0.2, -0.15) is 0 Å². The van der Waals surface area contributed by atoms with Crippen molar-refractivity contribution >= 4 is 17.7 Å². The average molecular weight is 469 g/mol. The number of rotatable bonds is 10. The average Bonchev–Trinajstić information content (AvgIpc) is 2.86. The van der Waals surface area contributed by atoms with Crippen molar-refractivity contribution in [2.24, 2.45) is 0 Å². The fraction of sp³-hybridized carbons (Fsp3) is 0.167. The minimum absolute atomic E-state index is 0.326. The molecule has 0 aliphatic heterocycles. The lowest BCUT2D eigenvalue weighted by Crippen LogP contribution is -2.04. The Morgan fingerprint density at radius 3 is 2.21 bits per heavy atom. The molecule has 0 bridgehead atoms. The van der Waals surface area contributed by atoms with Gasteiger partial charge in [0.1, 0.15) is 12.4 Å². The molecule has 0 heterocycles. The fourth-order valence-corrected chi connectivity index (χ4v) is 4.74. The predicted octanol–water partition coefficient (Wildman–Crippen LogP) is 7.35. The summed E-state index contributed by atoms with van der Waals surface area (Å²) in [6.07, 6.45) is 1.83. The first kappa shape index (κ1) is 23.7. The van der Waals surface area contributed by atoms with Crippen LogP contribution in [0.1, 0.15) is 38.2 Å². The summed E-state index contributed by atoms with van der Waals surface area (Å²) in [5.41, 5.74) is 5.79. The van der Waals surface area contributed by atoms with Crippen LogP contribution in [0.3, 0.4) is 0 Å². The van der Waals surface area contributed by atoms with Crippen molar-refractivity contribution in [3.8, 4) is 5.75 Å². The molecule has 0 spiro atoms. The summed E-state index contributed by atoms with van der Waals surface area (Å²) in [4.78, 5) is 12.5. The van der Waals surface area contributed by atoms with Crippen molar-refractivity contribution in [1.82, 2.24) is 0 Å². The fourth-order valence-electron chi connectivity index (χ4n) is 3.88. The van der Waals surface area contributed by atoms with Crippen molar-refractivity contribution in [3.05, 3.63) is 130 Å². The molecule has 172 valence electrons. The lowest BCUT2D eigenvalue weighted by Gasteiger charge is -2.14. The Hall–Kier alpha value is -3.50.